The molecule has 4 rings (SSSR count). The number of aromatic nitrogens is 1. The summed E-state index contributed by atoms with van der Waals surface area (Å²) in [5, 5.41) is 3.16. The largest absolute Gasteiger partial charge is 0.451 e. The summed E-state index contributed by atoms with van der Waals surface area (Å²) in [6, 6.07) is 12.8. The van der Waals surface area contributed by atoms with Crippen LogP contribution in [0.15, 0.2) is 62.9 Å². The van der Waals surface area contributed by atoms with Gasteiger partial charge in [-0.2, -0.15) is 0 Å². The molecule has 0 N–H and O–H groups in total. The van der Waals surface area contributed by atoms with Gasteiger partial charge in [0.25, 0.3) is 5.89 Å². The van der Waals surface area contributed by atoms with Gasteiger partial charge in [0, 0.05) is 10.6 Å². The molecule has 0 radical (unpaired) electrons. The van der Waals surface area contributed by atoms with E-state index in [0.29, 0.717) is 33.2 Å². The molecule has 0 aliphatic heterocycles. The number of rotatable bonds is 3. The first-order chi connectivity index (χ1) is 11.2. The van der Waals surface area contributed by atoms with Crippen LogP contribution in [0.5, 0.6) is 0 Å². The van der Waals surface area contributed by atoms with Gasteiger partial charge in [-0.05, 0) is 41.8 Å². The van der Waals surface area contributed by atoms with Crippen molar-refractivity contribution in [2.75, 3.05) is 0 Å². The van der Waals surface area contributed by atoms with Crippen LogP contribution in [0.3, 0.4) is 0 Å². The van der Waals surface area contributed by atoms with E-state index in [1.807, 2.05) is 23.6 Å². The fraction of sp³-hybridized carbons (Fsp3) is 0. The van der Waals surface area contributed by atoms with E-state index in [1.54, 1.807) is 41.8 Å². The van der Waals surface area contributed by atoms with E-state index in [-0.39, 0.29) is 0 Å². The Hall–Kier alpha value is -2.01. The predicted molar refractivity (Wildman–Crippen MR) is 93.0 cm³/mol. The fourth-order valence-electron chi connectivity index (χ4n) is 2.20. The van der Waals surface area contributed by atoms with Crippen molar-refractivity contribution >= 4 is 34.5 Å². The fourth-order valence-corrected chi connectivity index (χ4v) is 3.26. The van der Waals surface area contributed by atoms with Crippen LogP contribution in [-0.4, -0.2) is 4.98 Å². The van der Waals surface area contributed by atoms with Crippen LogP contribution in [0.1, 0.15) is 0 Å². The molecule has 0 saturated heterocycles. The smallest absolute Gasteiger partial charge is 0.263 e. The first kappa shape index (κ1) is 14.6. The molecule has 0 atom stereocenters. The van der Waals surface area contributed by atoms with Crippen LogP contribution in [-0.2, 0) is 0 Å². The van der Waals surface area contributed by atoms with Crippen molar-refractivity contribution in [1.29, 1.82) is 0 Å². The van der Waals surface area contributed by atoms with Crippen molar-refractivity contribution in [2.45, 2.75) is 0 Å². The zero-order valence-corrected chi connectivity index (χ0v) is 14.0. The van der Waals surface area contributed by atoms with E-state index in [1.165, 1.54) is 0 Å². The van der Waals surface area contributed by atoms with E-state index in [2.05, 4.69) is 4.98 Å². The molecule has 3 nitrogen and oxygen atoms in total. The highest BCUT2D eigenvalue weighted by molar-refractivity contribution is 7.13. The van der Waals surface area contributed by atoms with Gasteiger partial charge in [-0.15, -0.1) is 11.3 Å². The molecule has 0 unspecified atom stereocenters. The van der Waals surface area contributed by atoms with Gasteiger partial charge in [0.15, 0.2) is 11.5 Å². The normalized spacial score (nSPS) is 11.0. The molecule has 3 aromatic heterocycles. The summed E-state index contributed by atoms with van der Waals surface area (Å²) in [6.07, 6.45) is 1.69. The second kappa shape index (κ2) is 5.89. The van der Waals surface area contributed by atoms with Gasteiger partial charge >= 0.3 is 0 Å². The molecular weight excluding hydrogens is 353 g/mol. The van der Waals surface area contributed by atoms with Crippen LogP contribution in [0, 0.1) is 0 Å². The van der Waals surface area contributed by atoms with E-state index in [9.17, 15) is 0 Å². The van der Waals surface area contributed by atoms with Gasteiger partial charge < -0.3 is 8.83 Å². The van der Waals surface area contributed by atoms with Crippen molar-refractivity contribution in [2.24, 2.45) is 0 Å². The van der Waals surface area contributed by atoms with Gasteiger partial charge in [0.2, 0.25) is 0 Å². The number of hydrogen-bond acceptors (Lipinski definition) is 4. The average molecular weight is 362 g/mol. The number of thiophene rings is 1. The molecule has 0 aliphatic rings. The Labute approximate surface area is 146 Å². The van der Waals surface area contributed by atoms with Crippen molar-refractivity contribution in [3.63, 3.8) is 0 Å². The topological polar surface area (TPSA) is 39.2 Å². The number of benzene rings is 1. The number of nitrogens with zero attached hydrogens (tertiary/aromatic N) is 1. The lowest BCUT2D eigenvalue weighted by Gasteiger charge is -2.01. The molecule has 6 heteroatoms. The minimum atomic E-state index is 0.429. The van der Waals surface area contributed by atoms with E-state index in [0.717, 1.165) is 10.4 Å². The van der Waals surface area contributed by atoms with E-state index in [4.69, 9.17) is 32.0 Å². The van der Waals surface area contributed by atoms with E-state index >= 15 is 0 Å². The summed E-state index contributed by atoms with van der Waals surface area (Å²) in [5.74, 6) is 2.30. The highest BCUT2D eigenvalue weighted by atomic mass is 35.5. The SMILES string of the molecule is Clc1ccc(Cl)c(-c2ccc(-c3ncc(-c4cccs4)o3)o2)c1. The minimum absolute atomic E-state index is 0.429. The first-order valence-electron chi connectivity index (χ1n) is 6.76. The maximum absolute atomic E-state index is 6.20. The standard InChI is InChI=1S/C17H9Cl2NO2S/c18-10-3-4-12(19)11(8-10)13-5-6-14(21-13)17-20-9-15(22-17)16-2-1-7-23-16/h1-9H. The van der Waals surface area contributed by atoms with Gasteiger partial charge in [-0.25, -0.2) is 4.98 Å². The molecule has 0 amide bonds. The highest BCUT2D eigenvalue weighted by Gasteiger charge is 2.15. The summed E-state index contributed by atoms with van der Waals surface area (Å²) < 4.78 is 11.6. The first-order valence-corrected chi connectivity index (χ1v) is 8.39. The van der Waals surface area contributed by atoms with Crippen LogP contribution in [0.2, 0.25) is 10.0 Å². The Morgan fingerprint density at radius 3 is 2.61 bits per heavy atom. The van der Waals surface area contributed by atoms with E-state index < -0.39 is 0 Å². The summed E-state index contributed by atoms with van der Waals surface area (Å²) >= 11 is 13.8. The van der Waals surface area contributed by atoms with Crippen LogP contribution < -0.4 is 0 Å². The lowest BCUT2D eigenvalue weighted by atomic mass is 10.2. The Morgan fingerprint density at radius 2 is 1.78 bits per heavy atom. The Kier molecular flexibility index (Phi) is 3.73. The molecule has 3 heterocycles. The van der Waals surface area contributed by atoms with Gasteiger partial charge in [-0.3, -0.25) is 0 Å². The zero-order valence-electron chi connectivity index (χ0n) is 11.6. The molecule has 0 aliphatic carbocycles. The predicted octanol–water partition coefficient (Wildman–Crippen LogP) is 6.64. The molecule has 4 aromatic rings. The van der Waals surface area contributed by atoms with Crippen LogP contribution >= 0.6 is 34.5 Å². The minimum Gasteiger partial charge on any atom is -0.451 e. The Balaban J connectivity index is 1.70. The molecule has 1 aromatic carbocycles. The van der Waals surface area contributed by atoms with Crippen molar-refractivity contribution in [3.8, 4) is 33.6 Å². The second-order valence-electron chi connectivity index (χ2n) is 4.80. The van der Waals surface area contributed by atoms with Gasteiger partial charge in [-0.1, -0.05) is 29.3 Å². The molecule has 114 valence electrons. The number of furan rings is 1. The summed E-state index contributed by atoms with van der Waals surface area (Å²) in [7, 11) is 0. The van der Waals surface area contributed by atoms with Gasteiger partial charge in [0.05, 0.1) is 16.1 Å². The summed E-state index contributed by atoms with van der Waals surface area (Å²) in [4.78, 5) is 5.30. The third kappa shape index (κ3) is 2.81. The maximum Gasteiger partial charge on any atom is 0.263 e. The third-order valence-electron chi connectivity index (χ3n) is 3.28. The average Bonchev–Trinajstić information content (AvgIpc) is 3.29. The van der Waals surface area contributed by atoms with Crippen molar-refractivity contribution in [3.05, 3.63) is 64.1 Å². The Morgan fingerprint density at radius 1 is 0.913 bits per heavy atom. The molecule has 0 saturated carbocycles. The molecular formula is C17H9Cl2NO2S. The van der Waals surface area contributed by atoms with Gasteiger partial charge in [0.1, 0.15) is 5.76 Å². The molecule has 0 spiro atoms. The zero-order chi connectivity index (χ0) is 15.8. The lowest BCUT2D eigenvalue weighted by Crippen LogP contribution is -1.76. The molecule has 0 bridgehead atoms. The highest BCUT2D eigenvalue weighted by Crippen LogP contribution is 2.35. The number of hydrogen-bond donors (Lipinski definition) is 0. The summed E-state index contributed by atoms with van der Waals surface area (Å²) in [5.41, 5.74) is 0.732. The monoisotopic (exact) mass is 361 g/mol. The number of halogens is 2. The molecule has 0 fully saturated rings. The lowest BCUT2D eigenvalue weighted by molar-refractivity contribution is 0.531. The molecule has 23 heavy (non-hydrogen) atoms. The third-order valence-corrected chi connectivity index (χ3v) is 4.73. The second-order valence-corrected chi connectivity index (χ2v) is 6.59. The summed E-state index contributed by atoms with van der Waals surface area (Å²) in [6.45, 7) is 0. The number of oxazole rings is 1. The van der Waals surface area contributed by atoms with Crippen molar-refractivity contribution in [1.82, 2.24) is 4.98 Å². The van der Waals surface area contributed by atoms with Crippen molar-refractivity contribution < 1.29 is 8.83 Å². The van der Waals surface area contributed by atoms with Crippen LogP contribution in [0.25, 0.3) is 33.6 Å². The van der Waals surface area contributed by atoms with Crippen LogP contribution in [0.4, 0.5) is 0 Å². The Bertz CT molecular complexity index is 957. The quantitative estimate of drug-likeness (QED) is 0.410. The maximum atomic E-state index is 6.20.